The molecule has 2 heterocycles. The van der Waals surface area contributed by atoms with Gasteiger partial charge in [-0.2, -0.15) is 0 Å². The largest absolute Gasteiger partial charge is 0.367 e. The highest BCUT2D eigenvalue weighted by Crippen LogP contribution is 2.28. The molecular formula is C22H28N4O2. The first-order valence-electron chi connectivity index (χ1n) is 9.74. The van der Waals surface area contributed by atoms with Gasteiger partial charge in [-0.25, -0.2) is 4.98 Å². The summed E-state index contributed by atoms with van der Waals surface area (Å²) in [6, 6.07) is 9.74. The lowest BCUT2D eigenvalue weighted by Gasteiger charge is -2.35. The van der Waals surface area contributed by atoms with Gasteiger partial charge < -0.3 is 15.1 Å². The number of aromatic nitrogens is 1. The molecule has 1 aromatic heterocycles. The number of carbonyl (C=O) groups excluding carboxylic acids is 2. The number of nitrogens with zero attached hydrogens (tertiary/aromatic N) is 3. The number of rotatable bonds is 4. The molecule has 2 amide bonds. The van der Waals surface area contributed by atoms with Gasteiger partial charge in [-0.1, -0.05) is 32.0 Å². The van der Waals surface area contributed by atoms with Gasteiger partial charge in [0.2, 0.25) is 5.91 Å². The van der Waals surface area contributed by atoms with Gasteiger partial charge in [0.05, 0.1) is 11.9 Å². The number of amides is 2. The van der Waals surface area contributed by atoms with Gasteiger partial charge in [0, 0.05) is 38.8 Å². The molecular weight excluding hydrogens is 352 g/mol. The molecule has 1 fully saturated rings. The maximum atomic E-state index is 12.7. The fourth-order valence-electron chi connectivity index (χ4n) is 3.51. The van der Waals surface area contributed by atoms with Crippen LogP contribution in [0.2, 0.25) is 0 Å². The van der Waals surface area contributed by atoms with Gasteiger partial charge in [0.15, 0.2) is 0 Å². The van der Waals surface area contributed by atoms with Gasteiger partial charge in [-0.3, -0.25) is 9.59 Å². The second-order valence-electron chi connectivity index (χ2n) is 7.54. The molecule has 1 N–H and O–H groups in total. The lowest BCUT2D eigenvalue weighted by molar-refractivity contribution is -0.129. The quantitative estimate of drug-likeness (QED) is 0.882. The number of para-hydroxylation sites is 1. The predicted octanol–water partition coefficient (Wildman–Crippen LogP) is 3.43. The van der Waals surface area contributed by atoms with E-state index < -0.39 is 0 Å². The smallest absolute Gasteiger partial charge is 0.274 e. The van der Waals surface area contributed by atoms with Gasteiger partial charge in [0.25, 0.3) is 5.91 Å². The minimum Gasteiger partial charge on any atom is -0.367 e. The first-order chi connectivity index (χ1) is 13.4. The first kappa shape index (κ1) is 19.9. The minimum absolute atomic E-state index is 0.113. The molecule has 1 aliphatic rings. The number of anilines is 2. The Bertz CT molecular complexity index is 853. The molecule has 0 bridgehead atoms. The molecule has 28 heavy (non-hydrogen) atoms. The van der Waals surface area contributed by atoms with E-state index >= 15 is 0 Å². The standard InChI is InChI=1S/C22H28N4O2/c1-15(2)19-7-5-6-16(3)21(19)24-22(28)20-9-8-18(14-23-20)26-12-10-25(11-13-26)17(4)27/h5-9,14-15H,10-13H2,1-4H3,(H,24,28). The van der Waals surface area contributed by atoms with Crippen LogP contribution in [0.5, 0.6) is 0 Å². The normalized spacial score (nSPS) is 14.3. The molecule has 1 aliphatic heterocycles. The van der Waals surface area contributed by atoms with E-state index in [4.69, 9.17) is 0 Å². The maximum Gasteiger partial charge on any atom is 0.274 e. The van der Waals surface area contributed by atoms with Crippen LogP contribution in [0.25, 0.3) is 0 Å². The SMILES string of the molecule is CC(=O)N1CCN(c2ccc(C(=O)Nc3c(C)cccc3C(C)C)nc2)CC1. The van der Waals surface area contributed by atoms with Crippen LogP contribution in [0, 0.1) is 6.92 Å². The van der Waals surface area contributed by atoms with Crippen LogP contribution in [0.15, 0.2) is 36.5 Å². The van der Waals surface area contributed by atoms with E-state index in [0.29, 0.717) is 24.7 Å². The van der Waals surface area contributed by atoms with Crippen molar-refractivity contribution in [3.05, 3.63) is 53.3 Å². The van der Waals surface area contributed by atoms with E-state index in [9.17, 15) is 9.59 Å². The molecule has 0 saturated carbocycles. The van der Waals surface area contributed by atoms with Crippen molar-refractivity contribution in [3.63, 3.8) is 0 Å². The fraction of sp³-hybridized carbons (Fsp3) is 0.409. The molecule has 6 nitrogen and oxygen atoms in total. The van der Waals surface area contributed by atoms with Gasteiger partial charge in [0.1, 0.15) is 5.69 Å². The fourth-order valence-corrected chi connectivity index (χ4v) is 3.51. The summed E-state index contributed by atoms with van der Waals surface area (Å²) in [5.74, 6) is 0.227. The van der Waals surface area contributed by atoms with E-state index in [-0.39, 0.29) is 11.8 Å². The lowest BCUT2D eigenvalue weighted by Crippen LogP contribution is -2.48. The molecule has 1 aromatic carbocycles. The molecule has 0 unspecified atom stereocenters. The zero-order valence-electron chi connectivity index (χ0n) is 17.0. The Kier molecular flexibility index (Phi) is 5.97. The van der Waals surface area contributed by atoms with Crippen molar-refractivity contribution < 1.29 is 9.59 Å². The zero-order chi connectivity index (χ0) is 20.3. The lowest BCUT2D eigenvalue weighted by atomic mass is 9.98. The third-order valence-electron chi connectivity index (χ3n) is 5.24. The van der Waals surface area contributed by atoms with Crippen LogP contribution in [0.4, 0.5) is 11.4 Å². The number of pyridine rings is 1. The van der Waals surface area contributed by atoms with Crippen LogP contribution >= 0.6 is 0 Å². The molecule has 0 spiro atoms. The number of hydrogen-bond donors (Lipinski definition) is 1. The maximum absolute atomic E-state index is 12.7. The average molecular weight is 380 g/mol. The number of nitrogens with one attached hydrogen (secondary N) is 1. The Morgan fingerprint density at radius 2 is 1.79 bits per heavy atom. The molecule has 1 saturated heterocycles. The van der Waals surface area contributed by atoms with E-state index in [2.05, 4.69) is 29.0 Å². The van der Waals surface area contributed by atoms with Crippen LogP contribution in [0.1, 0.15) is 48.3 Å². The topological polar surface area (TPSA) is 65.5 Å². The summed E-state index contributed by atoms with van der Waals surface area (Å²) in [6.07, 6.45) is 1.74. The Morgan fingerprint density at radius 1 is 1.07 bits per heavy atom. The summed E-state index contributed by atoms with van der Waals surface area (Å²) in [6.45, 7) is 10.8. The summed E-state index contributed by atoms with van der Waals surface area (Å²) in [4.78, 5) is 32.6. The average Bonchev–Trinajstić information content (AvgIpc) is 2.69. The molecule has 148 valence electrons. The third-order valence-corrected chi connectivity index (χ3v) is 5.24. The Labute approximate surface area is 166 Å². The van der Waals surface area contributed by atoms with E-state index in [1.54, 1.807) is 19.2 Å². The summed E-state index contributed by atoms with van der Waals surface area (Å²) >= 11 is 0. The third kappa shape index (κ3) is 4.32. The van der Waals surface area contributed by atoms with Crippen molar-refractivity contribution in [2.24, 2.45) is 0 Å². The van der Waals surface area contributed by atoms with Crippen molar-refractivity contribution in [2.75, 3.05) is 36.4 Å². The second-order valence-corrected chi connectivity index (χ2v) is 7.54. The highest BCUT2D eigenvalue weighted by Gasteiger charge is 2.20. The second kappa shape index (κ2) is 8.42. The number of piperazine rings is 1. The van der Waals surface area contributed by atoms with Crippen molar-refractivity contribution in [2.45, 2.75) is 33.6 Å². The Balaban J connectivity index is 1.69. The van der Waals surface area contributed by atoms with Crippen LogP contribution in [-0.4, -0.2) is 47.9 Å². The van der Waals surface area contributed by atoms with Crippen LogP contribution in [-0.2, 0) is 4.79 Å². The van der Waals surface area contributed by atoms with Gasteiger partial charge in [-0.15, -0.1) is 0 Å². The predicted molar refractivity (Wildman–Crippen MR) is 112 cm³/mol. The molecule has 3 rings (SSSR count). The number of aryl methyl sites for hydroxylation is 1. The van der Waals surface area contributed by atoms with Gasteiger partial charge in [-0.05, 0) is 36.1 Å². The van der Waals surface area contributed by atoms with Crippen molar-refractivity contribution in [1.29, 1.82) is 0 Å². The Hall–Kier alpha value is -2.89. The van der Waals surface area contributed by atoms with E-state index in [1.165, 1.54) is 0 Å². The summed E-state index contributed by atoms with van der Waals surface area (Å²) in [7, 11) is 0. The number of hydrogen-bond acceptors (Lipinski definition) is 4. The zero-order valence-corrected chi connectivity index (χ0v) is 17.0. The molecule has 0 atom stereocenters. The van der Waals surface area contributed by atoms with E-state index in [0.717, 1.165) is 35.6 Å². The molecule has 0 radical (unpaired) electrons. The first-order valence-corrected chi connectivity index (χ1v) is 9.74. The van der Waals surface area contributed by atoms with Crippen molar-refractivity contribution in [1.82, 2.24) is 9.88 Å². The minimum atomic E-state index is -0.204. The van der Waals surface area contributed by atoms with Crippen molar-refractivity contribution >= 4 is 23.2 Å². The number of carbonyl (C=O) groups is 2. The highest BCUT2D eigenvalue weighted by atomic mass is 16.2. The molecule has 2 aromatic rings. The van der Waals surface area contributed by atoms with E-state index in [1.807, 2.05) is 36.1 Å². The van der Waals surface area contributed by atoms with Crippen LogP contribution < -0.4 is 10.2 Å². The highest BCUT2D eigenvalue weighted by molar-refractivity contribution is 6.03. The van der Waals surface area contributed by atoms with Crippen molar-refractivity contribution in [3.8, 4) is 0 Å². The number of benzene rings is 1. The van der Waals surface area contributed by atoms with Gasteiger partial charge >= 0.3 is 0 Å². The summed E-state index contributed by atoms with van der Waals surface area (Å²) in [5, 5.41) is 3.03. The summed E-state index contributed by atoms with van der Waals surface area (Å²) in [5.41, 5.74) is 4.39. The monoisotopic (exact) mass is 380 g/mol. The Morgan fingerprint density at radius 3 is 2.36 bits per heavy atom. The van der Waals surface area contributed by atoms with Crippen LogP contribution in [0.3, 0.4) is 0 Å². The summed E-state index contributed by atoms with van der Waals surface area (Å²) < 4.78 is 0. The molecule has 0 aliphatic carbocycles. The molecule has 6 heteroatoms.